The van der Waals surface area contributed by atoms with Crippen LogP contribution in [0, 0.1) is 31.6 Å². The van der Waals surface area contributed by atoms with Crippen LogP contribution >= 0.6 is 0 Å². The van der Waals surface area contributed by atoms with Gasteiger partial charge in [0.1, 0.15) is 17.1 Å². The van der Waals surface area contributed by atoms with E-state index < -0.39 is 0 Å². The number of rotatable bonds is 12. The molecule has 0 bridgehead atoms. The van der Waals surface area contributed by atoms with Gasteiger partial charge in [0.05, 0.1) is 0 Å². The number of ether oxygens (including phenoxy) is 1. The lowest BCUT2D eigenvalue weighted by Crippen LogP contribution is -2.36. The molecule has 2 heteroatoms. The molecule has 0 fully saturated rings. The third-order valence-electron chi connectivity index (χ3n) is 7.44. The van der Waals surface area contributed by atoms with Crippen molar-refractivity contribution in [3.63, 3.8) is 0 Å². The van der Waals surface area contributed by atoms with Crippen LogP contribution in [0.2, 0.25) is 0 Å². The van der Waals surface area contributed by atoms with Crippen LogP contribution in [0.4, 0.5) is 0 Å². The molecule has 3 atom stereocenters. The maximum atomic E-state index is 10.1. The number of phenolic OH excluding ortho intramolecular Hbond substituents is 1. The predicted octanol–water partition coefficient (Wildman–Crippen LogP) is 8.53. The van der Waals surface area contributed by atoms with E-state index in [4.69, 9.17) is 4.74 Å². The zero-order chi connectivity index (χ0) is 22.3. The topological polar surface area (TPSA) is 29.5 Å². The van der Waals surface area contributed by atoms with E-state index in [1.165, 1.54) is 56.9 Å². The van der Waals surface area contributed by atoms with Crippen LogP contribution in [0.3, 0.4) is 0 Å². The first-order valence-corrected chi connectivity index (χ1v) is 12.6. The molecule has 0 radical (unpaired) electrons. The molecule has 0 aliphatic carbocycles. The van der Waals surface area contributed by atoms with Gasteiger partial charge in [-0.15, -0.1) is 0 Å². The lowest BCUT2D eigenvalue weighted by atomic mass is 9.85. The average Bonchev–Trinajstić information content (AvgIpc) is 2.67. The quantitative estimate of drug-likeness (QED) is 0.370. The fraction of sp³-hybridized carbons (Fsp3) is 0.786. The Kier molecular flexibility index (Phi) is 9.57. The monoisotopic (exact) mass is 416 g/mol. The molecule has 2 rings (SSSR count). The van der Waals surface area contributed by atoms with Gasteiger partial charge in [0.25, 0.3) is 0 Å². The summed E-state index contributed by atoms with van der Waals surface area (Å²) >= 11 is 0. The van der Waals surface area contributed by atoms with Crippen LogP contribution in [-0.4, -0.2) is 10.7 Å². The maximum Gasteiger partial charge on any atom is 0.126 e. The molecular formula is C28H48O2. The first-order valence-electron chi connectivity index (χ1n) is 12.6. The number of aromatic hydroxyl groups is 1. The highest BCUT2D eigenvalue weighted by atomic mass is 16.5. The Bertz CT molecular complexity index is 663. The molecule has 172 valence electrons. The zero-order valence-electron chi connectivity index (χ0n) is 20.9. The minimum absolute atomic E-state index is 0.0637. The van der Waals surface area contributed by atoms with E-state index in [0.29, 0.717) is 5.75 Å². The summed E-state index contributed by atoms with van der Waals surface area (Å²) in [5.41, 5.74) is 3.16. The van der Waals surface area contributed by atoms with Gasteiger partial charge in [-0.25, -0.2) is 0 Å². The molecule has 0 spiro atoms. The Hall–Kier alpha value is -1.18. The largest absolute Gasteiger partial charge is 0.508 e. The lowest BCUT2D eigenvalue weighted by Gasteiger charge is -2.37. The number of phenols is 1. The summed E-state index contributed by atoms with van der Waals surface area (Å²) < 4.78 is 6.52. The smallest absolute Gasteiger partial charge is 0.126 e. The summed E-state index contributed by atoms with van der Waals surface area (Å²) in [5, 5.41) is 10.1. The van der Waals surface area contributed by atoms with E-state index in [-0.39, 0.29) is 5.60 Å². The average molecular weight is 417 g/mol. The first kappa shape index (κ1) is 25.1. The SMILES string of the molecule is Cc1c(O)cc2c(c1C)OC(C)(CCC[C@@H](C)CCC[C@H](C)CCCC(C)C)CC2. The fourth-order valence-electron chi connectivity index (χ4n) is 4.94. The first-order chi connectivity index (χ1) is 14.1. The minimum atomic E-state index is -0.0637. The van der Waals surface area contributed by atoms with E-state index in [2.05, 4.69) is 41.5 Å². The Morgan fingerprint density at radius 1 is 0.900 bits per heavy atom. The number of aryl methyl sites for hydroxylation is 1. The molecule has 0 amide bonds. The van der Waals surface area contributed by atoms with Crippen LogP contribution in [0.5, 0.6) is 11.5 Å². The van der Waals surface area contributed by atoms with Crippen molar-refractivity contribution >= 4 is 0 Å². The van der Waals surface area contributed by atoms with Gasteiger partial charge >= 0.3 is 0 Å². The summed E-state index contributed by atoms with van der Waals surface area (Å²) in [7, 11) is 0. The molecule has 1 aliphatic rings. The fourth-order valence-corrected chi connectivity index (χ4v) is 4.94. The van der Waals surface area contributed by atoms with E-state index in [1.807, 2.05) is 13.0 Å². The van der Waals surface area contributed by atoms with Gasteiger partial charge in [0.15, 0.2) is 0 Å². The normalized spacial score (nSPS) is 20.7. The lowest BCUT2D eigenvalue weighted by molar-refractivity contribution is 0.0514. The second-order valence-corrected chi connectivity index (χ2v) is 11.0. The van der Waals surface area contributed by atoms with Gasteiger partial charge in [-0.2, -0.15) is 0 Å². The highest BCUT2D eigenvalue weighted by Gasteiger charge is 2.33. The Balaban J connectivity index is 1.69. The van der Waals surface area contributed by atoms with Gasteiger partial charge in [-0.3, -0.25) is 0 Å². The highest BCUT2D eigenvalue weighted by Crippen LogP contribution is 2.42. The van der Waals surface area contributed by atoms with Crippen molar-refractivity contribution in [3.05, 3.63) is 22.8 Å². The van der Waals surface area contributed by atoms with Gasteiger partial charge in [-0.05, 0) is 87.0 Å². The number of benzene rings is 1. The molecule has 2 nitrogen and oxygen atoms in total. The molecule has 0 aromatic heterocycles. The van der Waals surface area contributed by atoms with Crippen molar-refractivity contribution in [3.8, 4) is 11.5 Å². The molecule has 1 aromatic carbocycles. The maximum absolute atomic E-state index is 10.1. The number of hydrogen-bond donors (Lipinski definition) is 1. The third kappa shape index (κ3) is 7.50. The third-order valence-corrected chi connectivity index (χ3v) is 7.44. The summed E-state index contributed by atoms with van der Waals surface area (Å²) in [4.78, 5) is 0. The predicted molar refractivity (Wildman–Crippen MR) is 130 cm³/mol. The molecule has 1 unspecified atom stereocenters. The minimum Gasteiger partial charge on any atom is -0.508 e. The van der Waals surface area contributed by atoms with Gasteiger partial charge in [0, 0.05) is 0 Å². The molecule has 30 heavy (non-hydrogen) atoms. The van der Waals surface area contributed by atoms with Crippen LogP contribution in [0.25, 0.3) is 0 Å². The van der Waals surface area contributed by atoms with E-state index in [0.717, 1.165) is 53.9 Å². The Labute approximate surface area is 186 Å². The van der Waals surface area contributed by atoms with Crippen LogP contribution in [-0.2, 0) is 6.42 Å². The summed E-state index contributed by atoms with van der Waals surface area (Å²) in [6.07, 6.45) is 14.1. The van der Waals surface area contributed by atoms with Crippen molar-refractivity contribution in [2.75, 3.05) is 0 Å². The van der Waals surface area contributed by atoms with Crippen LogP contribution in [0.15, 0.2) is 6.07 Å². The van der Waals surface area contributed by atoms with Gasteiger partial charge in [0.2, 0.25) is 0 Å². The van der Waals surface area contributed by atoms with E-state index >= 15 is 0 Å². The Morgan fingerprint density at radius 2 is 1.47 bits per heavy atom. The second-order valence-electron chi connectivity index (χ2n) is 11.0. The summed E-state index contributed by atoms with van der Waals surface area (Å²) in [6, 6.07) is 1.91. The van der Waals surface area contributed by atoms with Crippen LogP contribution in [0.1, 0.15) is 116 Å². The molecular weight excluding hydrogens is 368 g/mol. The molecule has 1 N–H and O–H groups in total. The second kappa shape index (κ2) is 11.4. The number of fused-ring (bicyclic) bond motifs is 1. The van der Waals surface area contributed by atoms with E-state index in [9.17, 15) is 5.11 Å². The number of hydrogen-bond acceptors (Lipinski definition) is 2. The van der Waals surface area contributed by atoms with Crippen LogP contribution < -0.4 is 4.74 Å². The zero-order valence-corrected chi connectivity index (χ0v) is 20.9. The van der Waals surface area contributed by atoms with Gasteiger partial charge in [-0.1, -0.05) is 72.6 Å². The standard InChI is InChI=1S/C28H48O2/c1-20(2)11-8-12-21(3)13-9-14-22(4)15-10-17-28(7)18-16-25-19-26(29)23(5)24(6)27(25)30-28/h19-22,29H,8-18H2,1-7H3/t21-,22+,28?/m1/s1. The molecule has 1 aromatic rings. The van der Waals surface area contributed by atoms with Crippen molar-refractivity contribution in [2.45, 2.75) is 125 Å². The summed E-state index contributed by atoms with van der Waals surface area (Å²) in [5.74, 6) is 3.98. The van der Waals surface area contributed by atoms with E-state index in [1.54, 1.807) is 0 Å². The molecule has 0 saturated heterocycles. The summed E-state index contributed by atoms with van der Waals surface area (Å²) in [6.45, 7) is 15.9. The molecule has 1 heterocycles. The van der Waals surface area contributed by atoms with Gasteiger partial charge < -0.3 is 9.84 Å². The van der Waals surface area contributed by atoms with Crippen molar-refractivity contribution < 1.29 is 9.84 Å². The van der Waals surface area contributed by atoms with Crippen molar-refractivity contribution in [1.29, 1.82) is 0 Å². The highest BCUT2D eigenvalue weighted by molar-refractivity contribution is 5.53. The van der Waals surface area contributed by atoms with Crippen molar-refractivity contribution in [2.24, 2.45) is 17.8 Å². The van der Waals surface area contributed by atoms with Crippen molar-refractivity contribution in [1.82, 2.24) is 0 Å². The Morgan fingerprint density at radius 3 is 2.07 bits per heavy atom. The molecule has 0 saturated carbocycles. The molecule has 1 aliphatic heterocycles.